The van der Waals surface area contributed by atoms with E-state index in [1.54, 1.807) is 12.1 Å². The Hall–Kier alpha value is -1.75. The second-order valence-corrected chi connectivity index (χ2v) is 4.14. The van der Waals surface area contributed by atoms with Crippen molar-refractivity contribution in [2.45, 2.75) is 19.8 Å². The van der Waals surface area contributed by atoms with Gasteiger partial charge < -0.3 is 20.8 Å². The summed E-state index contributed by atoms with van der Waals surface area (Å²) in [5.74, 6) is -0.976. The third-order valence-corrected chi connectivity index (χ3v) is 2.77. The van der Waals surface area contributed by atoms with Crippen LogP contribution in [0.2, 0.25) is 0 Å². The second kappa shape index (κ2) is 6.86. The van der Waals surface area contributed by atoms with Gasteiger partial charge in [-0.15, -0.1) is 0 Å². The largest absolute Gasteiger partial charge is 0.478 e. The zero-order valence-corrected chi connectivity index (χ0v) is 10.6. The molecule has 0 bridgehead atoms. The number of carboxylic acids is 1. The van der Waals surface area contributed by atoms with E-state index >= 15 is 0 Å². The van der Waals surface area contributed by atoms with Crippen molar-refractivity contribution in [1.82, 2.24) is 0 Å². The Bertz CT molecular complexity index is 407. The fraction of sp³-hybridized carbons (Fsp3) is 0.462. The van der Waals surface area contributed by atoms with Crippen molar-refractivity contribution in [3.63, 3.8) is 0 Å². The highest BCUT2D eigenvalue weighted by atomic mass is 16.4. The summed E-state index contributed by atoms with van der Waals surface area (Å²) in [6.45, 7) is 3.30. The first-order valence-corrected chi connectivity index (χ1v) is 6.08. The van der Waals surface area contributed by atoms with Crippen molar-refractivity contribution >= 4 is 17.3 Å². The lowest BCUT2D eigenvalue weighted by Gasteiger charge is -2.25. The third-order valence-electron chi connectivity index (χ3n) is 2.77. The van der Waals surface area contributed by atoms with Crippen LogP contribution in [0.25, 0.3) is 0 Å². The quantitative estimate of drug-likeness (QED) is 0.641. The molecule has 5 heteroatoms. The van der Waals surface area contributed by atoms with E-state index in [0.717, 1.165) is 19.4 Å². The van der Waals surface area contributed by atoms with E-state index in [-0.39, 0.29) is 12.2 Å². The fourth-order valence-corrected chi connectivity index (χ4v) is 1.77. The van der Waals surface area contributed by atoms with Crippen molar-refractivity contribution in [3.8, 4) is 0 Å². The number of nitrogens with zero attached hydrogens (tertiary/aromatic N) is 1. The van der Waals surface area contributed by atoms with Gasteiger partial charge in [0.25, 0.3) is 0 Å². The van der Waals surface area contributed by atoms with Crippen LogP contribution in [0.3, 0.4) is 0 Å². The topological polar surface area (TPSA) is 86.8 Å². The number of carbonyl (C=O) groups is 1. The summed E-state index contributed by atoms with van der Waals surface area (Å²) in [6, 6.07) is 4.64. The minimum Gasteiger partial charge on any atom is -0.478 e. The van der Waals surface area contributed by atoms with Gasteiger partial charge >= 0.3 is 5.97 Å². The molecule has 0 aliphatic carbocycles. The number of rotatable bonds is 7. The number of hydrogen-bond acceptors (Lipinski definition) is 4. The Morgan fingerprint density at radius 3 is 2.67 bits per heavy atom. The summed E-state index contributed by atoms with van der Waals surface area (Å²) >= 11 is 0. The number of unbranched alkanes of at least 4 members (excludes halogenated alkanes) is 1. The van der Waals surface area contributed by atoms with Crippen LogP contribution in [-0.2, 0) is 0 Å². The zero-order valence-electron chi connectivity index (χ0n) is 10.6. The van der Waals surface area contributed by atoms with Gasteiger partial charge in [0.1, 0.15) is 0 Å². The van der Waals surface area contributed by atoms with Crippen molar-refractivity contribution < 1.29 is 15.0 Å². The first-order valence-electron chi connectivity index (χ1n) is 6.08. The lowest BCUT2D eigenvalue weighted by molar-refractivity contribution is 0.0697. The number of hydrogen-bond donors (Lipinski definition) is 3. The molecule has 1 rings (SSSR count). The average molecular weight is 252 g/mol. The van der Waals surface area contributed by atoms with Gasteiger partial charge in [0, 0.05) is 13.1 Å². The molecule has 0 spiro atoms. The van der Waals surface area contributed by atoms with Crippen LogP contribution in [0.5, 0.6) is 0 Å². The van der Waals surface area contributed by atoms with E-state index in [1.165, 1.54) is 6.07 Å². The summed E-state index contributed by atoms with van der Waals surface area (Å²) in [4.78, 5) is 12.9. The predicted molar refractivity (Wildman–Crippen MR) is 72.0 cm³/mol. The molecule has 4 N–H and O–H groups in total. The van der Waals surface area contributed by atoms with Crippen LogP contribution in [0.4, 0.5) is 11.4 Å². The van der Waals surface area contributed by atoms with E-state index < -0.39 is 5.97 Å². The molecule has 0 fully saturated rings. The number of carboxylic acid groups (broad SMARTS) is 1. The van der Waals surface area contributed by atoms with Crippen molar-refractivity contribution in [3.05, 3.63) is 23.8 Å². The molecule has 1 aromatic carbocycles. The smallest absolute Gasteiger partial charge is 0.335 e. The third kappa shape index (κ3) is 3.63. The highest BCUT2D eigenvalue weighted by Gasteiger charge is 2.12. The van der Waals surface area contributed by atoms with Crippen LogP contribution in [-0.4, -0.2) is 35.9 Å². The summed E-state index contributed by atoms with van der Waals surface area (Å²) in [5, 5.41) is 18.0. The first-order chi connectivity index (χ1) is 8.60. The van der Waals surface area contributed by atoms with Crippen LogP contribution >= 0.6 is 0 Å². The maximum Gasteiger partial charge on any atom is 0.335 e. The van der Waals surface area contributed by atoms with Gasteiger partial charge in [0.15, 0.2) is 0 Å². The molecule has 0 atom stereocenters. The molecule has 0 heterocycles. The number of anilines is 2. The molecule has 1 aromatic rings. The number of nitrogens with two attached hydrogens (primary N) is 1. The van der Waals surface area contributed by atoms with Gasteiger partial charge in [-0.1, -0.05) is 13.3 Å². The molecular formula is C13H20N2O3. The maximum atomic E-state index is 11.0. The number of nitrogen functional groups attached to an aromatic ring is 1. The van der Waals surface area contributed by atoms with Gasteiger partial charge in [-0.3, -0.25) is 0 Å². The number of aliphatic hydroxyl groups excluding tert-OH is 1. The average Bonchev–Trinajstić information content (AvgIpc) is 2.35. The summed E-state index contributed by atoms with van der Waals surface area (Å²) in [6.07, 6.45) is 2.00. The van der Waals surface area contributed by atoms with Crippen molar-refractivity contribution in [2.75, 3.05) is 30.3 Å². The van der Waals surface area contributed by atoms with Crippen molar-refractivity contribution in [1.29, 1.82) is 0 Å². The predicted octanol–water partition coefficient (Wildman–Crippen LogP) is 1.57. The van der Waals surface area contributed by atoms with E-state index in [9.17, 15) is 4.79 Å². The van der Waals surface area contributed by atoms with Crippen LogP contribution in [0, 0.1) is 0 Å². The van der Waals surface area contributed by atoms with Gasteiger partial charge in [-0.05, 0) is 24.6 Å². The Morgan fingerprint density at radius 2 is 2.11 bits per heavy atom. The number of aliphatic hydroxyl groups is 1. The standard InChI is InChI=1S/C13H20N2O3/c1-2-3-6-15(7-8-16)12-9-10(13(17)18)4-5-11(12)14/h4-5,9,16H,2-3,6-8,14H2,1H3,(H,17,18). The zero-order chi connectivity index (χ0) is 13.5. The molecule has 0 saturated carbocycles. The van der Waals surface area contributed by atoms with E-state index in [4.69, 9.17) is 15.9 Å². The van der Waals surface area contributed by atoms with Gasteiger partial charge in [0.2, 0.25) is 0 Å². The van der Waals surface area contributed by atoms with E-state index in [2.05, 4.69) is 6.92 Å². The van der Waals surface area contributed by atoms with Gasteiger partial charge in [-0.2, -0.15) is 0 Å². The first kappa shape index (κ1) is 14.3. The summed E-state index contributed by atoms with van der Waals surface area (Å²) in [5.41, 5.74) is 7.29. The molecular weight excluding hydrogens is 232 g/mol. The number of aromatic carboxylic acids is 1. The van der Waals surface area contributed by atoms with Crippen LogP contribution in [0.1, 0.15) is 30.1 Å². The maximum absolute atomic E-state index is 11.0. The molecule has 0 amide bonds. The Morgan fingerprint density at radius 1 is 1.39 bits per heavy atom. The number of benzene rings is 1. The van der Waals surface area contributed by atoms with Crippen LogP contribution in [0.15, 0.2) is 18.2 Å². The Kier molecular flexibility index (Phi) is 5.45. The molecule has 0 aromatic heterocycles. The minimum atomic E-state index is -0.976. The molecule has 5 nitrogen and oxygen atoms in total. The molecule has 0 radical (unpaired) electrons. The molecule has 0 aliphatic rings. The minimum absolute atomic E-state index is 0.0143. The lowest BCUT2D eigenvalue weighted by Crippen LogP contribution is -2.28. The highest BCUT2D eigenvalue weighted by Crippen LogP contribution is 2.25. The van der Waals surface area contributed by atoms with Crippen molar-refractivity contribution in [2.24, 2.45) is 0 Å². The van der Waals surface area contributed by atoms with Gasteiger partial charge in [-0.25, -0.2) is 4.79 Å². The second-order valence-electron chi connectivity index (χ2n) is 4.14. The lowest BCUT2D eigenvalue weighted by atomic mass is 10.1. The fourth-order valence-electron chi connectivity index (χ4n) is 1.77. The Balaban J connectivity index is 3.01. The Labute approximate surface area is 107 Å². The monoisotopic (exact) mass is 252 g/mol. The van der Waals surface area contributed by atoms with E-state index in [1.807, 2.05) is 4.90 Å². The molecule has 18 heavy (non-hydrogen) atoms. The van der Waals surface area contributed by atoms with Gasteiger partial charge in [0.05, 0.1) is 23.5 Å². The molecule has 0 unspecified atom stereocenters. The summed E-state index contributed by atoms with van der Waals surface area (Å²) in [7, 11) is 0. The molecule has 0 aliphatic heterocycles. The van der Waals surface area contributed by atoms with Crippen LogP contribution < -0.4 is 10.6 Å². The molecule has 0 saturated heterocycles. The molecule has 100 valence electrons. The SMILES string of the molecule is CCCCN(CCO)c1cc(C(=O)O)ccc1N. The summed E-state index contributed by atoms with van der Waals surface area (Å²) < 4.78 is 0. The normalized spacial score (nSPS) is 10.3. The van der Waals surface area contributed by atoms with E-state index in [0.29, 0.717) is 17.9 Å². The highest BCUT2D eigenvalue weighted by molar-refractivity contribution is 5.90.